The second-order valence-corrected chi connectivity index (χ2v) is 5.63. The first kappa shape index (κ1) is 16.3. The zero-order valence-corrected chi connectivity index (χ0v) is 13.4. The van der Waals surface area contributed by atoms with E-state index in [9.17, 15) is 5.11 Å². The van der Waals surface area contributed by atoms with Crippen molar-refractivity contribution >= 4 is 5.69 Å². The van der Waals surface area contributed by atoms with E-state index in [0.29, 0.717) is 36.9 Å². The third-order valence-corrected chi connectivity index (χ3v) is 3.66. The summed E-state index contributed by atoms with van der Waals surface area (Å²) in [7, 11) is 0. The summed E-state index contributed by atoms with van der Waals surface area (Å²) in [6.45, 7) is 2.52. The van der Waals surface area contributed by atoms with E-state index in [1.807, 2.05) is 24.3 Å². The predicted octanol–water partition coefficient (Wildman–Crippen LogP) is 2.17. The van der Waals surface area contributed by atoms with Crippen LogP contribution in [-0.4, -0.2) is 37.5 Å². The molecule has 6 heteroatoms. The molecule has 0 spiro atoms. The Bertz CT molecular complexity index is 678. The number of phenolic OH excluding ortho intramolecular Hbond substituents is 1. The number of hydrogen-bond donors (Lipinski definition) is 3. The van der Waals surface area contributed by atoms with Gasteiger partial charge in [0.1, 0.15) is 18.5 Å². The van der Waals surface area contributed by atoms with Crippen LogP contribution in [0.3, 0.4) is 0 Å². The molecule has 0 bridgehead atoms. The predicted molar refractivity (Wildman–Crippen MR) is 91.9 cm³/mol. The summed E-state index contributed by atoms with van der Waals surface area (Å²) in [5.41, 5.74) is 6.40. The van der Waals surface area contributed by atoms with E-state index in [-0.39, 0.29) is 11.9 Å². The summed E-state index contributed by atoms with van der Waals surface area (Å²) in [6.07, 6.45) is 0.741. The van der Waals surface area contributed by atoms with Crippen LogP contribution >= 0.6 is 0 Å². The molecule has 24 heavy (non-hydrogen) atoms. The molecule has 0 amide bonds. The highest BCUT2D eigenvalue weighted by atomic mass is 16.6. The number of fused-ring (bicyclic) bond motifs is 1. The molecular weight excluding hydrogens is 308 g/mol. The maximum atomic E-state index is 9.79. The van der Waals surface area contributed by atoms with Crippen molar-refractivity contribution in [3.05, 3.63) is 42.5 Å². The number of anilines is 1. The lowest BCUT2D eigenvalue weighted by atomic mass is 10.2. The minimum absolute atomic E-state index is 0.104. The Labute approximate surface area is 141 Å². The highest BCUT2D eigenvalue weighted by molar-refractivity contribution is 5.51. The summed E-state index contributed by atoms with van der Waals surface area (Å²) in [5, 5.41) is 13.1. The summed E-state index contributed by atoms with van der Waals surface area (Å²) in [5.74, 6) is 1.89. The molecule has 0 saturated heterocycles. The van der Waals surface area contributed by atoms with Crippen LogP contribution in [0.2, 0.25) is 0 Å². The van der Waals surface area contributed by atoms with Crippen molar-refractivity contribution in [2.75, 3.05) is 32.0 Å². The first-order valence-corrected chi connectivity index (χ1v) is 8.03. The lowest BCUT2D eigenvalue weighted by Crippen LogP contribution is -2.39. The van der Waals surface area contributed by atoms with Gasteiger partial charge >= 0.3 is 0 Å². The molecule has 2 aromatic rings. The standard InChI is InChI=1S/C18H22N2O4/c19-13-4-1-5-14(10-13)22-9-3-8-20-11-15-12-23-17-7-2-6-16(21)18(17)24-15/h1-2,4-7,10,15,20-21H,3,8-9,11-12,19H2. The van der Waals surface area contributed by atoms with Crippen molar-refractivity contribution in [3.8, 4) is 23.0 Å². The fraction of sp³-hybridized carbons (Fsp3) is 0.333. The molecule has 0 radical (unpaired) electrons. The molecule has 0 saturated carbocycles. The van der Waals surface area contributed by atoms with Crippen molar-refractivity contribution in [1.29, 1.82) is 0 Å². The molecule has 0 aromatic heterocycles. The van der Waals surface area contributed by atoms with E-state index in [1.54, 1.807) is 18.2 Å². The van der Waals surface area contributed by atoms with Gasteiger partial charge < -0.3 is 30.4 Å². The molecule has 1 atom stereocenters. The van der Waals surface area contributed by atoms with Crippen LogP contribution in [0.5, 0.6) is 23.0 Å². The Morgan fingerprint density at radius 1 is 1.25 bits per heavy atom. The Morgan fingerprint density at radius 3 is 3.00 bits per heavy atom. The van der Waals surface area contributed by atoms with Crippen molar-refractivity contribution in [2.24, 2.45) is 0 Å². The van der Waals surface area contributed by atoms with E-state index in [1.165, 1.54) is 0 Å². The van der Waals surface area contributed by atoms with E-state index in [4.69, 9.17) is 19.9 Å². The maximum Gasteiger partial charge on any atom is 0.203 e. The molecule has 3 rings (SSSR count). The van der Waals surface area contributed by atoms with Gasteiger partial charge in [0.25, 0.3) is 0 Å². The normalized spacial score (nSPS) is 15.9. The minimum Gasteiger partial charge on any atom is -0.504 e. The number of nitrogens with two attached hydrogens (primary N) is 1. The van der Waals surface area contributed by atoms with Gasteiger partial charge in [-0.3, -0.25) is 0 Å². The van der Waals surface area contributed by atoms with Crippen LogP contribution in [0.4, 0.5) is 5.69 Å². The Balaban J connectivity index is 1.34. The molecule has 2 aromatic carbocycles. The number of rotatable bonds is 7. The summed E-state index contributed by atoms with van der Waals surface area (Å²) >= 11 is 0. The van der Waals surface area contributed by atoms with Gasteiger partial charge in [0.2, 0.25) is 5.75 Å². The second-order valence-electron chi connectivity index (χ2n) is 5.63. The number of nitrogen functional groups attached to an aromatic ring is 1. The number of aromatic hydroxyl groups is 1. The number of ether oxygens (including phenoxy) is 3. The van der Waals surface area contributed by atoms with Crippen molar-refractivity contribution in [2.45, 2.75) is 12.5 Å². The monoisotopic (exact) mass is 330 g/mol. The zero-order chi connectivity index (χ0) is 16.8. The van der Waals surface area contributed by atoms with E-state index >= 15 is 0 Å². The highest BCUT2D eigenvalue weighted by Crippen LogP contribution is 2.39. The molecule has 4 N–H and O–H groups in total. The number of benzene rings is 2. The fourth-order valence-electron chi connectivity index (χ4n) is 2.47. The van der Waals surface area contributed by atoms with Crippen molar-refractivity contribution < 1.29 is 19.3 Å². The van der Waals surface area contributed by atoms with Gasteiger partial charge in [-0.05, 0) is 37.2 Å². The van der Waals surface area contributed by atoms with Crippen LogP contribution in [0.1, 0.15) is 6.42 Å². The molecule has 1 heterocycles. The van der Waals surface area contributed by atoms with E-state index < -0.39 is 0 Å². The van der Waals surface area contributed by atoms with Gasteiger partial charge in [0.05, 0.1) is 6.61 Å². The van der Waals surface area contributed by atoms with Crippen LogP contribution in [-0.2, 0) is 0 Å². The van der Waals surface area contributed by atoms with Gasteiger partial charge in [0.15, 0.2) is 11.5 Å². The van der Waals surface area contributed by atoms with Crippen LogP contribution in [0.15, 0.2) is 42.5 Å². The smallest absolute Gasteiger partial charge is 0.203 e. The molecule has 128 valence electrons. The number of nitrogens with one attached hydrogen (secondary N) is 1. The first-order chi connectivity index (χ1) is 11.7. The van der Waals surface area contributed by atoms with Crippen molar-refractivity contribution in [1.82, 2.24) is 5.32 Å². The van der Waals surface area contributed by atoms with Crippen LogP contribution < -0.4 is 25.3 Å². The van der Waals surface area contributed by atoms with Gasteiger partial charge in [-0.15, -0.1) is 0 Å². The van der Waals surface area contributed by atoms with Gasteiger partial charge in [-0.1, -0.05) is 12.1 Å². The topological polar surface area (TPSA) is 86.0 Å². The Kier molecular flexibility index (Phi) is 5.28. The van der Waals surface area contributed by atoms with E-state index in [0.717, 1.165) is 18.7 Å². The molecule has 1 aliphatic rings. The molecule has 6 nitrogen and oxygen atoms in total. The average Bonchev–Trinajstić information content (AvgIpc) is 2.59. The third-order valence-electron chi connectivity index (χ3n) is 3.66. The van der Waals surface area contributed by atoms with Crippen molar-refractivity contribution in [3.63, 3.8) is 0 Å². The molecule has 0 fully saturated rings. The number of phenols is 1. The summed E-state index contributed by atoms with van der Waals surface area (Å²) in [6, 6.07) is 12.5. The first-order valence-electron chi connectivity index (χ1n) is 8.03. The molecule has 1 aliphatic heterocycles. The quantitative estimate of drug-likeness (QED) is 0.533. The van der Waals surface area contributed by atoms with Crippen LogP contribution in [0.25, 0.3) is 0 Å². The van der Waals surface area contributed by atoms with E-state index in [2.05, 4.69) is 5.32 Å². The van der Waals surface area contributed by atoms with Gasteiger partial charge in [-0.25, -0.2) is 0 Å². The number of para-hydroxylation sites is 1. The average molecular weight is 330 g/mol. The molecule has 0 aliphatic carbocycles. The molecule has 1 unspecified atom stereocenters. The fourth-order valence-corrected chi connectivity index (χ4v) is 2.47. The van der Waals surface area contributed by atoms with Crippen LogP contribution in [0, 0.1) is 0 Å². The summed E-state index contributed by atoms with van der Waals surface area (Å²) in [4.78, 5) is 0. The third kappa shape index (κ3) is 4.23. The highest BCUT2D eigenvalue weighted by Gasteiger charge is 2.23. The second kappa shape index (κ2) is 7.79. The molecular formula is C18H22N2O4. The van der Waals surface area contributed by atoms with Gasteiger partial charge in [-0.2, -0.15) is 0 Å². The Morgan fingerprint density at radius 2 is 2.12 bits per heavy atom. The minimum atomic E-state index is -0.124. The summed E-state index contributed by atoms with van der Waals surface area (Å²) < 4.78 is 17.0. The largest absolute Gasteiger partial charge is 0.504 e. The maximum absolute atomic E-state index is 9.79. The Hall–Kier alpha value is -2.60. The number of hydrogen-bond acceptors (Lipinski definition) is 6. The lowest BCUT2D eigenvalue weighted by Gasteiger charge is -2.27. The lowest BCUT2D eigenvalue weighted by molar-refractivity contribution is 0.0865. The zero-order valence-electron chi connectivity index (χ0n) is 13.4. The SMILES string of the molecule is Nc1cccc(OCCCNCC2COc3cccc(O)c3O2)c1. The van der Waals surface area contributed by atoms with Gasteiger partial charge in [0, 0.05) is 18.3 Å².